The molecule has 2 aromatic carbocycles. The molecule has 0 spiro atoms. The fourth-order valence-corrected chi connectivity index (χ4v) is 3.63. The minimum atomic E-state index is -4.77. The van der Waals surface area contributed by atoms with Crippen LogP contribution in [0.4, 0.5) is 10.1 Å². The fraction of sp³-hybridized carbons (Fsp3) is 0.150. The summed E-state index contributed by atoms with van der Waals surface area (Å²) in [5.74, 6) is -1.24. The number of nitrogens with one attached hydrogen (secondary N) is 1. The number of rotatable bonds is 8. The molecule has 9 heteroatoms. The van der Waals surface area contributed by atoms with Crippen LogP contribution in [0.15, 0.2) is 61.4 Å². The Kier molecular flexibility index (Phi) is 7.76. The molecule has 154 valence electrons. The van der Waals surface area contributed by atoms with Gasteiger partial charge in [-0.3, -0.25) is 9.36 Å². The van der Waals surface area contributed by atoms with E-state index in [1.54, 1.807) is 30.1 Å². The summed E-state index contributed by atoms with van der Waals surface area (Å²) < 4.78 is 24.9. The maximum atomic E-state index is 12.9. The fourth-order valence-electron chi connectivity index (χ4n) is 2.62. The molecule has 0 saturated carbocycles. The van der Waals surface area contributed by atoms with Crippen molar-refractivity contribution in [2.24, 2.45) is 0 Å². The largest absolute Gasteiger partial charge is 0.351 e. The van der Waals surface area contributed by atoms with Crippen molar-refractivity contribution in [3.8, 4) is 0 Å². The summed E-state index contributed by atoms with van der Waals surface area (Å²) in [7, 11) is -3.05. The van der Waals surface area contributed by atoms with E-state index in [0.717, 1.165) is 0 Å². The van der Waals surface area contributed by atoms with Gasteiger partial charge in [0.1, 0.15) is 11.5 Å². The van der Waals surface area contributed by atoms with Crippen molar-refractivity contribution < 1.29 is 23.5 Å². The number of nitrogens with zero attached hydrogens (tertiary/aromatic N) is 1. The summed E-state index contributed by atoms with van der Waals surface area (Å²) in [5.41, 5.74) is 0.114. The first-order valence-corrected chi connectivity index (χ1v) is 10.6. The van der Waals surface area contributed by atoms with Crippen LogP contribution in [0.5, 0.6) is 0 Å². The van der Waals surface area contributed by atoms with E-state index in [-0.39, 0.29) is 6.42 Å². The van der Waals surface area contributed by atoms with Gasteiger partial charge in [0.2, 0.25) is 5.91 Å². The molecule has 0 aliphatic carbocycles. The molecule has 0 aliphatic rings. The van der Waals surface area contributed by atoms with Gasteiger partial charge in [-0.2, -0.15) is 0 Å². The first-order valence-electron chi connectivity index (χ1n) is 8.53. The van der Waals surface area contributed by atoms with Crippen molar-refractivity contribution in [3.63, 3.8) is 0 Å². The van der Waals surface area contributed by atoms with Crippen LogP contribution >= 0.6 is 19.2 Å². The molecule has 0 aromatic heterocycles. The van der Waals surface area contributed by atoms with Crippen LogP contribution in [-0.2, 0) is 15.8 Å². The van der Waals surface area contributed by atoms with E-state index < -0.39 is 25.0 Å². The van der Waals surface area contributed by atoms with E-state index in [0.29, 0.717) is 21.8 Å². The van der Waals surface area contributed by atoms with E-state index in [2.05, 4.69) is 11.9 Å². The molecule has 0 heterocycles. The molecule has 6 nitrogen and oxygen atoms in total. The molecule has 3 N–H and O–H groups in total. The normalized spacial score (nSPS) is 12.6. The zero-order chi connectivity index (χ0) is 21.6. The topological polar surface area (TPSA) is 89.9 Å². The van der Waals surface area contributed by atoms with Crippen LogP contribution in [0.3, 0.4) is 0 Å². The zero-order valence-electron chi connectivity index (χ0n) is 15.6. The summed E-state index contributed by atoms with van der Waals surface area (Å²) in [6.07, 6.45) is 4.05. The maximum Gasteiger partial charge on any atom is 0.338 e. The number of halogens is 2. The minimum Gasteiger partial charge on any atom is -0.351 e. The smallest absolute Gasteiger partial charge is 0.338 e. The zero-order valence-corrected chi connectivity index (χ0v) is 17.3. The molecule has 1 unspecified atom stereocenters. The van der Waals surface area contributed by atoms with Crippen molar-refractivity contribution in [2.75, 3.05) is 11.9 Å². The Morgan fingerprint density at radius 1 is 1.31 bits per heavy atom. The lowest BCUT2D eigenvalue weighted by atomic mass is 10.1. The Hall–Kier alpha value is -2.44. The van der Waals surface area contributed by atoms with Gasteiger partial charge in [-0.15, -0.1) is 0 Å². The average Bonchev–Trinajstić information content (AvgIpc) is 2.66. The maximum absolute atomic E-state index is 12.9. The molecule has 1 atom stereocenters. The molecule has 29 heavy (non-hydrogen) atoms. The van der Waals surface area contributed by atoms with Crippen LogP contribution in [0.1, 0.15) is 11.1 Å². The number of benzene rings is 2. The molecule has 0 radical (unpaired) electrons. The Labute approximate surface area is 173 Å². The lowest BCUT2D eigenvalue weighted by Crippen LogP contribution is -2.33. The van der Waals surface area contributed by atoms with Gasteiger partial charge in [-0.05, 0) is 60.2 Å². The second kappa shape index (κ2) is 9.85. The number of carbonyl (C=O) groups excluding carboxylic acids is 1. The monoisotopic (exact) mass is 438 g/mol. The molecule has 0 bridgehead atoms. The van der Waals surface area contributed by atoms with Gasteiger partial charge in [0, 0.05) is 24.0 Å². The van der Waals surface area contributed by atoms with Crippen molar-refractivity contribution >= 4 is 36.9 Å². The Balaban J connectivity index is 2.23. The van der Waals surface area contributed by atoms with Crippen LogP contribution in [0, 0.1) is 5.82 Å². The van der Waals surface area contributed by atoms with E-state index in [9.17, 15) is 23.5 Å². The average molecular weight is 439 g/mol. The lowest BCUT2D eigenvalue weighted by molar-refractivity contribution is -0.120. The number of hydrogen-bond donors (Lipinski definition) is 3. The molecular weight excluding hydrogens is 418 g/mol. The highest BCUT2D eigenvalue weighted by Gasteiger charge is 2.36. The molecule has 2 aromatic rings. The standard InChI is InChI=1S/C20H21ClFN2O4P/c1-3-24(2)18-9-6-16(21)12-15(18)13-19(29(26,27)28)20(25)23-11-10-14-4-7-17(22)8-5-14/h3-12,19H,1,13H2,2H3,(H,23,25)(H2,26,27,28)/b11-10+. The van der Waals surface area contributed by atoms with Crippen LogP contribution in [0.2, 0.25) is 5.02 Å². The predicted molar refractivity (Wildman–Crippen MR) is 113 cm³/mol. The molecule has 0 fully saturated rings. The highest BCUT2D eigenvalue weighted by atomic mass is 35.5. The third-order valence-electron chi connectivity index (χ3n) is 4.19. The van der Waals surface area contributed by atoms with E-state index in [4.69, 9.17) is 11.6 Å². The van der Waals surface area contributed by atoms with Gasteiger partial charge in [-0.1, -0.05) is 30.3 Å². The number of carbonyl (C=O) groups is 1. The Morgan fingerprint density at radius 2 is 1.97 bits per heavy atom. The summed E-state index contributed by atoms with van der Waals surface area (Å²) in [5, 5.41) is 2.75. The Morgan fingerprint density at radius 3 is 2.55 bits per heavy atom. The van der Waals surface area contributed by atoms with Crippen molar-refractivity contribution in [1.29, 1.82) is 0 Å². The van der Waals surface area contributed by atoms with Crippen molar-refractivity contribution in [2.45, 2.75) is 12.1 Å². The predicted octanol–water partition coefficient (Wildman–Crippen LogP) is 3.93. The Bertz CT molecular complexity index is 959. The summed E-state index contributed by atoms with van der Waals surface area (Å²) in [6.45, 7) is 3.67. The lowest BCUT2D eigenvalue weighted by Gasteiger charge is -2.22. The second-order valence-corrected chi connectivity index (χ2v) is 8.51. The quantitative estimate of drug-likeness (QED) is 0.543. The summed E-state index contributed by atoms with van der Waals surface area (Å²) in [6, 6.07) is 10.4. The van der Waals surface area contributed by atoms with Crippen LogP contribution in [0.25, 0.3) is 6.08 Å². The van der Waals surface area contributed by atoms with Crippen LogP contribution in [-0.4, -0.2) is 28.4 Å². The highest BCUT2D eigenvalue weighted by Crippen LogP contribution is 2.44. The minimum absolute atomic E-state index is 0.228. The highest BCUT2D eigenvalue weighted by molar-refractivity contribution is 7.53. The second-order valence-electron chi connectivity index (χ2n) is 6.27. The van der Waals surface area contributed by atoms with Gasteiger partial charge in [0.05, 0.1) is 0 Å². The van der Waals surface area contributed by atoms with E-state index >= 15 is 0 Å². The third kappa shape index (κ3) is 6.54. The van der Waals surface area contributed by atoms with Gasteiger partial charge in [-0.25, -0.2) is 4.39 Å². The first-order chi connectivity index (χ1) is 13.6. The van der Waals surface area contributed by atoms with Gasteiger partial charge >= 0.3 is 7.60 Å². The van der Waals surface area contributed by atoms with Crippen LogP contribution < -0.4 is 10.2 Å². The first kappa shape index (κ1) is 22.8. The third-order valence-corrected chi connectivity index (χ3v) is 5.65. The summed E-state index contributed by atoms with van der Waals surface area (Å²) >= 11 is 6.03. The molecular formula is C20H21ClFN2O4P. The number of amides is 1. The van der Waals surface area contributed by atoms with Crippen molar-refractivity contribution in [3.05, 3.63) is 83.4 Å². The number of anilines is 1. The van der Waals surface area contributed by atoms with E-state index in [1.165, 1.54) is 42.7 Å². The molecule has 1 amide bonds. The molecule has 2 rings (SSSR count). The molecule has 0 aliphatic heterocycles. The number of hydrogen-bond acceptors (Lipinski definition) is 3. The van der Waals surface area contributed by atoms with E-state index in [1.807, 2.05) is 0 Å². The van der Waals surface area contributed by atoms with Gasteiger partial charge in [0.15, 0.2) is 0 Å². The summed E-state index contributed by atoms with van der Waals surface area (Å²) in [4.78, 5) is 33.6. The van der Waals surface area contributed by atoms with Gasteiger partial charge in [0.25, 0.3) is 0 Å². The van der Waals surface area contributed by atoms with Gasteiger partial charge < -0.3 is 20.0 Å². The van der Waals surface area contributed by atoms with Crippen molar-refractivity contribution in [1.82, 2.24) is 5.32 Å². The molecule has 0 saturated heterocycles. The SMILES string of the molecule is C=CN(C)c1ccc(Cl)cc1CC(C(=O)N/C=C/c1ccc(F)cc1)P(=O)(O)O.